The second kappa shape index (κ2) is 8.28. The first kappa shape index (κ1) is 17.0. The molecule has 128 valence electrons. The molecule has 0 unspecified atom stereocenters. The summed E-state index contributed by atoms with van der Waals surface area (Å²) in [6, 6.07) is 8.18. The van der Waals surface area contributed by atoms with Crippen molar-refractivity contribution in [2.24, 2.45) is 0 Å². The standard InChI is InChI=1S/C18H24N4OS/c1-21(2)8-5-9-22(14-16-6-3-10-23-16)13-15-12-19-20-18(15)17-7-4-11-24-17/h3-4,6-7,10-12H,5,8-9,13-14H2,1-2H3,(H,19,20). The van der Waals surface area contributed by atoms with Crippen LogP contribution >= 0.6 is 11.3 Å². The van der Waals surface area contributed by atoms with Gasteiger partial charge in [0.05, 0.1) is 29.6 Å². The van der Waals surface area contributed by atoms with Crippen LogP contribution in [0, 0.1) is 0 Å². The van der Waals surface area contributed by atoms with E-state index in [1.165, 1.54) is 10.4 Å². The number of aromatic nitrogens is 2. The maximum absolute atomic E-state index is 5.54. The van der Waals surface area contributed by atoms with Crippen LogP contribution in [-0.2, 0) is 13.1 Å². The van der Waals surface area contributed by atoms with Crippen molar-refractivity contribution in [3.05, 3.63) is 53.4 Å². The molecule has 0 aliphatic rings. The van der Waals surface area contributed by atoms with Gasteiger partial charge in [0.1, 0.15) is 5.76 Å². The van der Waals surface area contributed by atoms with E-state index in [2.05, 4.69) is 51.6 Å². The first-order valence-corrected chi connectivity index (χ1v) is 9.06. The summed E-state index contributed by atoms with van der Waals surface area (Å²) in [5, 5.41) is 9.50. The lowest BCUT2D eigenvalue weighted by molar-refractivity contribution is 0.222. The van der Waals surface area contributed by atoms with E-state index >= 15 is 0 Å². The summed E-state index contributed by atoms with van der Waals surface area (Å²) in [6.45, 7) is 3.78. The van der Waals surface area contributed by atoms with Crippen LogP contribution in [0.15, 0.2) is 46.5 Å². The molecule has 3 aromatic rings. The minimum atomic E-state index is 0.815. The largest absolute Gasteiger partial charge is 0.468 e. The lowest BCUT2D eigenvalue weighted by Crippen LogP contribution is -2.26. The van der Waals surface area contributed by atoms with Gasteiger partial charge >= 0.3 is 0 Å². The first-order valence-electron chi connectivity index (χ1n) is 8.18. The van der Waals surface area contributed by atoms with E-state index < -0.39 is 0 Å². The van der Waals surface area contributed by atoms with Gasteiger partial charge in [-0.05, 0) is 50.6 Å². The predicted molar refractivity (Wildman–Crippen MR) is 97.9 cm³/mol. The van der Waals surface area contributed by atoms with Crippen LogP contribution in [0.3, 0.4) is 0 Å². The van der Waals surface area contributed by atoms with Gasteiger partial charge in [-0.15, -0.1) is 11.3 Å². The van der Waals surface area contributed by atoms with Gasteiger partial charge in [0.15, 0.2) is 0 Å². The van der Waals surface area contributed by atoms with Crippen LogP contribution in [0.4, 0.5) is 0 Å². The van der Waals surface area contributed by atoms with E-state index in [4.69, 9.17) is 4.42 Å². The SMILES string of the molecule is CN(C)CCCN(Cc1ccco1)Cc1cn[nH]c1-c1cccs1. The fourth-order valence-corrected chi connectivity index (χ4v) is 3.51. The Kier molecular flexibility index (Phi) is 5.85. The highest BCUT2D eigenvalue weighted by Gasteiger charge is 2.14. The molecule has 0 spiro atoms. The molecular formula is C18H24N4OS. The van der Waals surface area contributed by atoms with Crippen molar-refractivity contribution in [3.8, 4) is 10.6 Å². The molecule has 0 aliphatic heterocycles. The minimum absolute atomic E-state index is 0.815. The average Bonchev–Trinajstić information content (AvgIpc) is 3.29. The third kappa shape index (κ3) is 4.56. The first-order chi connectivity index (χ1) is 11.7. The molecule has 1 N–H and O–H groups in total. The smallest absolute Gasteiger partial charge is 0.117 e. The molecule has 0 aromatic carbocycles. The number of hydrogen-bond acceptors (Lipinski definition) is 5. The van der Waals surface area contributed by atoms with E-state index in [9.17, 15) is 0 Å². The van der Waals surface area contributed by atoms with Crippen molar-refractivity contribution in [1.82, 2.24) is 20.0 Å². The maximum atomic E-state index is 5.54. The van der Waals surface area contributed by atoms with Crippen LogP contribution in [-0.4, -0.2) is 47.2 Å². The highest BCUT2D eigenvalue weighted by Crippen LogP contribution is 2.27. The Labute approximate surface area is 146 Å². The number of H-pyrrole nitrogens is 1. The van der Waals surface area contributed by atoms with Crippen LogP contribution < -0.4 is 0 Å². The number of hydrogen-bond donors (Lipinski definition) is 1. The topological polar surface area (TPSA) is 48.3 Å². The van der Waals surface area contributed by atoms with E-state index in [0.29, 0.717) is 0 Å². The van der Waals surface area contributed by atoms with Crippen molar-refractivity contribution in [2.45, 2.75) is 19.5 Å². The Bertz CT molecular complexity index is 703. The minimum Gasteiger partial charge on any atom is -0.468 e. The third-order valence-electron chi connectivity index (χ3n) is 3.92. The van der Waals surface area contributed by atoms with Gasteiger partial charge in [-0.3, -0.25) is 10.00 Å². The molecule has 24 heavy (non-hydrogen) atoms. The number of thiophene rings is 1. The summed E-state index contributed by atoms with van der Waals surface area (Å²) in [7, 11) is 4.23. The van der Waals surface area contributed by atoms with Gasteiger partial charge in [0.25, 0.3) is 0 Å². The fraction of sp³-hybridized carbons (Fsp3) is 0.389. The monoisotopic (exact) mass is 344 g/mol. The molecule has 0 saturated heterocycles. The summed E-state index contributed by atoms with van der Waals surface area (Å²) >= 11 is 1.73. The summed E-state index contributed by atoms with van der Waals surface area (Å²) in [4.78, 5) is 5.87. The molecule has 3 aromatic heterocycles. The van der Waals surface area contributed by atoms with Crippen molar-refractivity contribution in [1.29, 1.82) is 0 Å². The van der Waals surface area contributed by atoms with E-state index in [-0.39, 0.29) is 0 Å². The number of nitrogens with one attached hydrogen (secondary N) is 1. The second-order valence-electron chi connectivity index (χ2n) is 6.19. The molecule has 0 aliphatic carbocycles. The lowest BCUT2D eigenvalue weighted by atomic mass is 10.2. The van der Waals surface area contributed by atoms with Crippen molar-refractivity contribution >= 4 is 11.3 Å². The van der Waals surface area contributed by atoms with Gasteiger partial charge in [-0.25, -0.2) is 0 Å². The van der Waals surface area contributed by atoms with Gasteiger partial charge in [-0.2, -0.15) is 5.10 Å². The molecule has 0 radical (unpaired) electrons. The molecule has 0 atom stereocenters. The number of rotatable bonds is 9. The molecular weight excluding hydrogens is 320 g/mol. The molecule has 5 nitrogen and oxygen atoms in total. The van der Waals surface area contributed by atoms with Crippen LogP contribution in [0.1, 0.15) is 17.7 Å². The molecule has 6 heteroatoms. The van der Waals surface area contributed by atoms with E-state index in [1.54, 1.807) is 17.6 Å². The number of nitrogens with zero attached hydrogens (tertiary/aromatic N) is 3. The van der Waals surface area contributed by atoms with Crippen molar-refractivity contribution < 1.29 is 4.42 Å². The average molecular weight is 344 g/mol. The van der Waals surface area contributed by atoms with Crippen LogP contribution in [0.25, 0.3) is 10.6 Å². The predicted octanol–water partition coefficient (Wildman–Crippen LogP) is 3.69. The van der Waals surface area contributed by atoms with Gasteiger partial charge in [0.2, 0.25) is 0 Å². The van der Waals surface area contributed by atoms with Gasteiger partial charge < -0.3 is 9.32 Å². The molecule has 0 fully saturated rings. The normalized spacial score (nSPS) is 11.7. The quantitative estimate of drug-likeness (QED) is 0.643. The maximum Gasteiger partial charge on any atom is 0.117 e. The van der Waals surface area contributed by atoms with Crippen molar-refractivity contribution in [3.63, 3.8) is 0 Å². The molecule has 3 heterocycles. The van der Waals surface area contributed by atoms with E-state index in [0.717, 1.165) is 44.1 Å². The molecule has 0 saturated carbocycles. The Balaban J connectivity index is 1.70. The number of aromatic amines is 1. The Morgan fingerprint density at radius 2 is 2.08 bits per heavy atom. The van der Waals surface area contributed by atoms with Crippen LogP contribution in [0.5, 0.6) is 0 Å². The zero-order valence-corrected chi connectivity index (χ0v) is 15.1. The Morgan fingerprint density at radius 3 is 2.79 bits per heavy atom. The van der Waals surface area contributed by atoms with Crippen molar-refractivity contribution in [2.75, 3.05) is 27.2 Å². The zero-order valence-electron chi connectivity index (χ0n) is 14.2. The Morgan fingerprint density at radius 1 is 1.17 bits per heavy atom. The van der Waals surface area contributed by atoms with Gasteiger partial charge in [-0.1, -0.05) is 6.07 Å². The number of furan rings is 1. The highest BCUT2D eigenvalue weighted by atomic mass is 32.1. The Hall–Kier alpha value is -1.89. The van der Waals surface area contributed by atoms with Crippen LogP contribution in [0.2, 0.25) is 0 Å². The van der Waals surface area contributed by atoms with E-state index in [1.807, 2.05) is 18.3 Å². The zero-order chi connectivity index (χ0) is 16.8. The summed E-state index contributed by atoms with van der Waals surface area (Å²) in [5.41, 5.74) is 2.36. The summed E-state index contributed by atoms with van der Waals surface area (Å²) < 4.78 is 5.54. The molecule has 3 rings (SSSR count). The summed E-state index contributed by atoms with van der Waals surface area (Å²) in [6.07, 6.45) is 4.80. The third-order valence-corrected chi connectivity index (χ3v) is 4.81. The highest BCUT2D eigenvalue weighted by molar-refractivity contribution is 7.13. The van der Waals surface area contributed by atoms with Gasteiger partial charge in [0, 0.05) is 18.7 Å². The lowest BCUT2D eigenvalue weighted by Gasteiger charge is -2.22. The summed E-state index contributed by atoms with van der Waals surface area (Å²) in [5.74, 6) is 1.00. The fourth-order valence-electron chi connectivity index (χ4n) is 2.75. The second-order valence-corrected chi connectivity index (χ2v) is 7.14. The molecule has 0 bridgehead atoms. The molecule has 0 amide bonds.